The molecule has 1 amide bonds. The molecule has 1 aliphatic carbocycles. The second-order valence-corrected chi connectivity index (χ2v) is 11.8. The summed E-state index contributed by atoms with van der Waals surface area (Å²) < 4.78 is 29.3. The van der Waals surface area contributed by atoms with Crippen LogP contribution in [0.2, 0.25) is 0 Å². The normalized spacial score (nSPS) is 23.7. The van der Waals surface area contributed by atoms with Gasteiger partial charge in [-0.3, -0.25) is 4.79 Å². The van der Waals surface area contributed by atoms with E-state index in [0.29, 0.717) is 19.5 Å². The number of aromatic nitrogens is 1. The number of aryl methyl sites for hydroxylation is 1. The Bertz CT molecular complexity index is 1320. The Hall–Kier alpha value is -2.68. The van der Waals surface area contributed by atoms with E-state index in [0.717, 1.165) is 47.7 Å². The van der Waals surface area contributed by atoms with E-state index in [-0.39, 0.29) is 23.1 Å². The Labute approximate surface area is 206 Å². The number of benzene rings is 2. The van der Waals surface area contributed by atoms with Crippen LogP contribution in [0.3, 0.4) is 0 Å². The zero-order chi connectivity index (χ0) is 24.6. The van der Waals surface area contributed by atoms with Gasteiger partial charge in [0.25, 0.3) is 0 Å². The second-order valence-electron chi connectivity index (χ2n) is 10.1. The summed E-state index contributed by atoms with van der Waals surface area (Å²) in [6, 6.07) is 13.5. The molecule has 7 nitrogen and oxygen atoms in total. The summed E-state index contributed by atoms with van der Waals surface area (Å²) in [6.45, 7) is 2.80. The van der Waals surface area contributed by atoms with Crippen LogP contribution in [0.15, 0.2) is 59.6 Å². The predicted molar refractivity (Wildman–Crippen MR) is 135 cm³/mol. The molecule has 0 bridgehead atoms. The van der Waals surface area contributed by atoms with Crippen molar-refractivity contribution in [3.05, 3.63) is 65.9 Å². The van der Waals surface area contributed by atoms with Crippen molar-refractivity contribution in [1.82, 2.24) is 14.6 Å². The molecular weight excluding hydrogens is 462 g/mol. The van der Waals surface area contributed by atoms with Crippen LogP contribution in [-0.4, -0.2) is 54.0 Å². The molecule has 3 N–H and O–H groups in total. The smallest absolute Gasteiger partial charge is 0.241 e. The highest BCUT2D eigenvalue weighted by atomic mass is 32.2. The summed E-state index contributed by atoms with van der Waals surface area (Å²) in [4.78, 5) is 18.9. The van der Waals surface area contributed by atoms with Crippen molar-refractivity contribution in [1.29, 1.82) is 0 Å². The van der Waals surface area contributed by atoms with Crippen LogP contribution in [0, 0.1) is 12.8 Å². The van der Waals surface area contributed by atoms with Crippen molar-refractivity contribution in [2.45, 2.75) is 62.0 Å². The van der Waals surface area contributed by atoms with Crippen molar-refractivity contribution >= 4 is 26.8 Å². The lowest BCUT2D eigenvalue weighted by molar-refractivity contribution is -0.145. The average molecular weight is 496 g/mol. The molecule has 186 valence electrons. The second kappa shape index (κ2) is 9.41. The highest BCUT2D eigenvalue weighted by Crippen LogP contribution is 2.40. The topological polar surface area (TPSA) is 102 Å². The van der Waals surface area contributed by atoms with Crippen molar-refractivity contribution in [2.75, 3.05) is 13.1 Å². The molecule has 1 aliphatic heterocycles. The maximum Gasteiger partial charge on any atom is 0.241 e. The standard InChI is InChI=1S/C27H33N3O4S/c1-19-9-11-22(12-10-19)35(33,34)29-25(16-20-17-28-24-8-3-2-7-23(20)24)26(31)30-15-14-27(32)13-5-4-6-21(27)18-30/h2-3,7-12,17,21,25,28-29,32H,4-6,13-16,18H2,1H3/t21-,25-,27-/m0/s1. The average Bonchev–Trinajstić information content (AvgIpc) is 3.25. The van der Waals surface area contributed by atoms with Gasteiger partial charge in [-0.05, 0) is 56.4 Å². The Morgan fingerprint density at radius 2 is 1.94 bits per heavy atom. The SMILES string of the molecule is Cc1ccc(S(=O)(=O)N[C@@H](Cc2c[nH]c3ccccc23)C(=O)N2CC[C@@]3(O)CCCC[C@H]3C2)cc1. The quantitative estimate of drug-likeness (QED) is 0.487. The number of sulfonamides is 1. The summed E-state index contributed by atoms with van der Waals surface area (Å²) in [5.74, 6) is -0.199. The number of rotatable bonds is 6. The lowest BCUT2D eigenvalue weighted by atomic mass is 9.71. The van der Waals surface area contributed by atoms with Crippen LogP contribution in [0.25, 0.3) is 10.9 Å². The first-order chi connectivity index (χ1) is 16.7. The molecule has 3 aromatic rings. The van der Waals surface area contributed by atoms with Crippen molar-refractivity contribution in [2.24, 2.45) is 5.92 Å². The first-order valence-electron chi connectivity index (χ1n) is 12.4. The number of amides is 1. The monoisotopic (exact) mass is 495 g/mol. The molecule has 8 heteroatoms. The largest absolute Gasteiger partial charge is 0.389 e. The van der Waals surface area contributed by atoms with Gasteiger partial charge in [-0.15, -0.1) is 0 Å². The van der Waals surface area contributed by atoms with Gasteiger partial charge in [0, 0.05) is 36.1 Å². The molecule has 2 fully saturated rings. The van der Waals surface area contributed by atoms with E-state index in [4.69, 9.17) is 0 Å². The number of piperidine rings is 1. The molecule has 0 radical (unpaired) electrons. The number of nitrogens with one attached hydrogen (secondary N) is 2. The summed E-state index contributed by atoms with van der Waals surface area (Å²) in [6.07, 6.45) is 6.35. The van der Waals surface area contributed by atoms with Crippen LogP contribution in [0.1, 0.15) is 43.2 Å². The maximum absolute atomic E-state index is 13.8. The van der Waals surface area contributed by atoms with E-state index in [1.54, 1.807) is 29.2 Å². The highest BCUT2D eigenvalue weighted by molar-refractivity contribution is 7.89. The first-order valence-corrected chi connectivity index (χ1v) is 13.9. The van der Waals surface area contributed by atoms with Gasteiger partial charge in [-0.25, -0.2) is 8.42 Å². The fourth-order valence-electron chi connectivity index (χ4n) is 5.66. The molecular formula is C27H33N3O4S. The lowest BCUT2D eigenvalue weighted by Crippen LogP contribution is -2.58. The van der Waals surface area contributed by atoms with Gasteiger partial charge >= 0.3 is 0 Å². The molecule has 3 atom stereocenters. The Morgan fingerprint density at radius 3 is 2.74 bits per heavy atom. The van der Waals surface area contributed by atoms with Gasteiger partial charge in [0.05, 0.1) is 10.5 Å². The summed E-state index contributed by atoms with van der Waals surface area (Å²) in [7, 11) is -3.91. The number of para-hydroxylation sites is 1. The van der Waals surface area contributed by atoms with Gasteiger partial charge in [0.15, 0.2) is 0 Å². The van der Waals surface area contributed by atoms with E-state index in [1.807, 2.05) is 37.4 Å². The molecule has 1 saturated heterocycles. The van der Waals surface area contributed by atoms with Crippen LogP contribution in [0.5, 0.6) is 0 Å². The highest BCUT2D eigenvalue weighted by Gasteiger charge is 2.45. The first kappa shape index (κ1) is 24.0. The third kappa shape index (κ3) is 4.87. The molecule has 2 heterocycles. The molecule has 1 aromatic heterocycles. The number of hydrogen-bond donors (Lipinski definition) is 3. The summed E-state index contributed by atoms with van der Waals surface area (Å²) >= 11 is 0. The van der Waals surface area contributed by atoms with Crippen LogP contribution in [-0.2, 0) is 21.2 Å². The van der Waals surface area contributed by atoms with E-state index >= 15 is 0 Å². The molecule has 5 rings (SSSR count). The molecule has 1 saturated carbocycles. The molecule has 35 heavy (non-hydrogen) atoms. The number of aromatic amines is 1. The fraction of sp³-hybridized carbons (Fsp3) is 0.444. The molecule has 2 aliphatic rings. The van der Waals surface area contributed by atoms with Crippen LogP contribution < -0.4 is 4.72 Å². The number of nitrogens with zero attached hydrogens (tertiary/aromatic N) is 1. The van der Waals surface area contributed by atoms with Gasteiger partial charge in [0.1, 0.15) is 6.04 Å². The van der Waals surface area contributed by atoms with Crippen molar-refractivity contribution in [3.63, 3.8) is 0 Å². The zero-order valence-electron chi connectivity index (χ0n) is 20.0. The minimum absolute atomic E-state index is 0.0383. The number of hydrogen-bond acceptors (Lipinski definition) is 4. The van der Waals surface area contributed by atoms with Crippen molar-refractivity contribution < 1.29 is 18.3 Å². The molecule has 0 unspecified atom stereocenters. The van der Waals surface area contributed by atoms with Gasteiger partial charge in [-0.1, -0.05) is 48.7 Å². The number of carbonyl (C=O) groups is 1. The van der Waals surface area contributed by atoms with Gasteiger partial charge < -0.3 is 15.0 Å². The Morgan fingerprint density at radius 1 is 1.17 bits per heavy atom. The number of carbonyl (C=O) groups excluding carboxylic acids is 1. The van der Waals surface area contributed by atoms with Gasteiger partial charge in [0.2, 0.25) is 15.9 Å². The van der Waals surface area contributed by atoms with E-state index < -0.39 is 21.7 Å². The Kier molecular flexibility index (Phi) is 6.46. The van der Waals surface area contributed by atoms with E-state index in [9.17, 15) is 18.3 Å². The zero-order valence-corrected chi connectivity index (χ0v) is 20.9. The minimum atomic E-state index is -3.91. The van der Waals surface area contributed by atoms with Crippen LogP contribution >= 0.6 is 0 Å². The number of H-pyrrole nitrogens is 1. The number of likely N-dealkylation sites (tertiary alicyclic amines) is 1. The van der Waals surface area contributed by atoms with Crippen molar-refractivity contribution in [3.8, 4) is 0 Å². The molecule has 2 aromatic carbocycles. The number of aliphatic hydroxyl groups is 1. The van der Waals surface area contributed by atoms with E-state index in [2.05, 4.69) is 9.71 Å². The number of fused-ring (bicyclic) bond motifs is 2. The third-order valence-corrected chi connectivity index (χ3v) is 9.25. The summed E-state index contributed by atoms with van der Waals surface area (Å²) in [5.41, 5.74) is 2.09. The third-order valence-electron chi connectivity index (χ3n) is 7.77. The maximum atomic E-state index is 13.8. The fourth-order valence-corrected chi connectivity index (χ4v) is 6.85. The summed E-state index contributed by atoms with van der Waals surface area (Å²) in [5, 5.41) is 12.0. The van der Waals surface area contributed by atoms with Crippen LogP contribution in [0.4, 0.5) is 0 Å². The minimum Gasteiger partial charge on any atom is -0.389 e. The van der Waals surface area contributed by atoms with E-state index in [1.165, 1.54) is 0 Å². The Balaban J connectivity index is 1.43. The van der Waals surface area contributed by atoms with Gasteiger partial charge in [-0.2, -0.15) is 4.72 Å². The molecule has 0 spiro atoms. The lowest BCUT2D eigenvalue weighted by Gasteiger charge is -2.48. The predicted octanol–water partition coefficient (Wildman–Crippen LogP) is 3.52.